The first-order valence-electron chi connectivity index (χ1n) is 5.89. The molecule has 1 aliphatic rings. The van der Waals surface area contributed by atoms with Crippen LogP contribution in [0.1, 0.15) is 18.9 Å². The summed E-state index contributed by atoms with van der Waals surface area (Å²) in [6, 6.07) is 4.59. The van der Waals surface area contributed by atoms with Crippen LogP contribution in [0.5, 0.6) is 0 Å². The number of hydrogen-bond acceptors (Lipinski definition) is 2. The molecule has 0 radical (unpaired) electrons. The van der Waals surface area contributed by atoms with Crippen molar-refractivity contribution in [1.82, 2.24) is 4.90 Å². The van der Waals surface area contributed by atoms with Gasteiger partial charge in [0.05, 0.1) is 0 Å². The Balaban J connectivity index is 2.03. The maximum absolute atomic E-state index is 12.9. The molecule has 1 fully saturated rings. The van der Waals surface area contributed by atoms with Crippen LogP contribution in [0, 0.1) is 11.2 Å². The van der Waals surface area contributed by atoms with Crippen LogP contribution in [0.15, 0.2) is 18.2 Å². The first-order chi connectivity index (χ1) is 8.02. The summed E-state index contributed by atoms with van der Waals surface area (Å²) < 4.78 is 12.9. The molecule has 1 heterocycles. The van der Waals surface area contributed by atoms with Crippen LogP contribution in [-0.4, -0.2) is 24.5 Å². The van der Waals surface area contributed by atoms with Gasteiger partial charge in [0.1, 0.15) is 5.82 Å². The molecule has 2 N–H and O–H groups in total. The van der Waals surface area contributed by atoms with E-state index in [1.807, 2.05) is 0 Å². The maximum Gasteiger partial charge on any atom is 0.124 e. The topological polar surface area (TPSA) is 29.3 Å². The lowest BCUT2D eigenvalue weighted by molar-refractivity contribution is 0.274. The minimum Gasteiger partial charge on any atom is -0.330 e. The molecule has 4 heteroatoms. The van der Waals surface area contributed by atoms with Gasteiger partial charge in [0, 0.05) is 18.1 Å². The highest BCUT2D eigenvalue weighted by Crippen LogP contribution is 2.30. The van der Waals surface area contributed by atoms with E-state index in [2.05, 4.69) is 11.8 Å². The van der Waals surface area contributed by atoms with E-state index in [1.54, 1.807) is 6.07 Å². The van der Waals surface area contributed by atoms with Gasteiger partial charge in [-0.25, -0.2) is 4.39 Å². The van der Waals surface area contributed by atoms with Crippen molar-refractivity contribution in [1.29, 1.82) is 0 Å². The molecule has 0 spiro atoms. The fourth-order valence-corrected chi connectivity index (χ4v) is 2.55. The van der Waals surface area contributed by atoms with Gasteiger partial charge in [-0.05, 0) is 42.6 Å². The van der Waals surface area contributed by atoms with Gasteiger partial charge in [-0.3, -0.25) is 4.90 Å². The van der Waals surface area contributed by atoms with E-state index in [0.29, 0.717) is 11.6 Å². The van der Waals surface area contributed by atoms with Crippen LogP contribution in [0.25, 0.3) is 0 Å². The molecule has 17 heavy (non-hydrogen) atoms. The third-order valence-corrected chi connectivity index (χ3v) is 3.89. The number of nitrogens with zero attached hydrogens (tertiary/aromatic N) is 1. The highest BCUT2D eigenvalue weighted by Gasteiger charge is 2.32. The fraction of sp³-hybridized carbons (Fsp3) is 0.538. The molecule has 0 amide bonds. The quantitative estimate of drug-likeness (QED) is 0.901. The molecule has 94 valence electrons. The molecule has 2 nitrogen and oxygen atoms in total. The number of benzene rings is 1. The van der Waals surface area contributed by atoms with Gasteiger partial charge >= 0.3 is 0 Å². The Hall–Kier alpha value is -0.640. The molecular formula is C13H18ClFN2. The Kier molecular flexibility index (Phi) is 3.71. The van der Waals surface area contributed by atoms with Gasteiger partial charge < -0.3 is 5.73 Å². The zero-order valence-electron chi connectivity index (χ0n) is 10.0. The van der Waals surface area contributed by atoms with Gasteiger partial charge in [0.15, 0.2) is 0 Å². The lowest BCUT2D eigenvalue weighted by Gasteiger charge is -2.22. The van der Waals surface area contributed by atoms with Gasteiger partial charge in [-0.2, -0.15) is 0 Å². The van der Waals surface area contributed by atoms with Crippen molar-refractivity contribution in [3.05, 3.63) is 34.6 Å². The predicted molar refractivity (Wildman–Crippen MR) is 68.5 cm³/mol. The number of halogens is 2. The van der Waals surface area contributed by atoms with Crippen molar-refractivity contribution in [3.8, 4) is 0 Å². The van der Waals surface area contributed by atoms with Crippen LogP contribution >= 0.6 is 11.6 Å². The summed E-state index contributed by atoms with van der Waals surface area (Å²) in [5, 5.41) is 0.506. The molecule has 1 saturated heterocycles. The van der Waals surface area contributed by atoms with E-state index in [1.165, 1.54) is 12.1 Å². The normalized spacial score (nSPS) is 25.4. The molecule has 0 saturated carbocycles. The molecule has 1 unspecified atom stereocenters. The summed E-state index contributed by atoms with van der Waals surface area (Å²) in [5.74, 6) is -0.285. The Morgan fingerprint density at radius 3 is 2.88 bits per heavy atom. The second-order valence-corrected chi connectivity index (χ2v) is 5.62. The molecule has 2 rings (SSSR count). The van der Waals surface area contributed by atoms with Crippen LogP contribution in [0.2, 0.25) is 5.02 Å². The standard InChI is InChI=1S/C13H18ClFN2/c1-13(8-16)4-5-17(9-13)7-10-2-3-11(15)6-12(10)14/h2-3,6H,4-5,7-9,16H2,1H3. The molecule has 1 aliphatic heterocycles. The Bertz CT molecular complexity index is 410. The number of likely N-dealkylation sites (tertiary alicyclic amines) is 1. The van der Waals surface area contributed by atoms with Gasteiger partial charge in [0.2, 0.25) is 0 Å². The highest BCUT2D eigenvalue weighted by molar-refractivity contribution is 6.31. The summed E-state index contributed by atoms with van der Waals surface area (Å²) in [7, 11) is 0. The monoisotopic (exact) mass is 256 g/mol. The summed E-state index contributed by atoms with van der Waals surface area (Å²) in [5.41, 5.74) is 6.97. The number of nitrogens with two attached hydrogens (primary N) is 1. The summed E-state index contributed by atoms with van der Waals surface area (Å²) >= 11 is 6.02. The first-order valence-corrected chi connectivity index (χ1v) is 6.27. The molecule has 0 bridgehead atoms. The minimum absolute atomic E-state index is 0.215. The Morgan fingerprint density at radius 2 is 2.29 bits per heavy atom. The molecule has 0 aromatic heterocycles. The van der Waals surface area contributed by atoms with Crippen molar-refractivity contribution in [2.75, 3.05) is 19.6 Å². The number of hydrogen-bond donors (Lipinski definition) is 1. The lowest BCUT2D eigenvalue weighted by atomic mass is 9.90. The Morgan fingerprint density at radius 1 is 1.53 bits per heavy atom. The van der Waals surface area contributed by atoms with E-state index in [0.717, 1.165) is 31.6 Å². The third kappa shape index (κ3) is 2.97. The molecule has 1 atom stereocenters. The van der Waals surface area contributed by atoms with Crippen molar-refractivity contribution in [2.45, 2.75) is 19.9 Å². The average molecular weight is 257 g/mol. The zero-order valence-corrected chi connectivity index (χ0v) is 10.8. The second kappa shape index (κ2) is 4.92. The summed E-state index contributed by atoms with van der Waals surface area (Å²) in [6.07, 6.45) is 1.11. The highest BCUT2D eigenvalue weighted by atomic mass is 35.5. The fourth-order valence-electron chi connectivity index (χ4n) is 2.32. The van der Waals surface area contributed by atoms with Gasteiger partial charge in [-0.1, -0.05) is 24.6 Å². The van der Waals surface area contributed by atoms with Crippen molar-refractivity contribution in [2.24, 2.45) is 11.1 Å². The lowest BCUT2D eigenvalue weighted by Crippen LogP contribution is -2.31. The number of rotatable bonds is 3. The zero-order chi connectivity index (χ0) is 12.5. The van der Waals surface area contributed by atoms with Crippen molar-refractivity contribution in [3.63, 3.8) is 0 Å². The van der Waals surface area contributed by atoms with E-state index >= 15 is 0 Å². The van der Waals surface area contributed by atoms with Gasteiger partial charge in [-0.15, -0.1) is 0 Å². The van der Waals surface area contributed by atoms with E-state index in [-0.39, 0.29) is 11.2 Å². The largest absolute Gasteiger partial charge is 0.330 e. The van der Waals surface area contributed by atoms with Crippen molar-refractivity contribution < 1.29 is 4.39 Å². The average Bonchev–Trinajstić information content (AvgIpc) is 2.66. The second-order valence-electron chi connectivity index (χ2n) is 5.21. The van der Waals surface area contributed by atoms with E-state index < -0.39 is 0 Å². The van der Waals surface area contributed by atoms with E-state index in [9.17, 15) is 4.39 Å². The van der Waals surface area contributed by atoms with E-state index in [4.69, 9.17) is 17.3 Å². The molecule has 0 aliphatic carbocycles. The molecular weight excluding hydrogens is 239 g/mol. The third-order valence-electron chi connectivity index (χ3n) is 3.54. The maximum atomic E-state index is 12.9. The minimum atomic E-state index is -0.285. The van der Waals surface area contributed by atoms with Crippen LogP contribution in [0.3, 0.4) is 0 Å². The van der Waals surface area contributed by atoms with Crippen LogP contribution in [-0.2, 0) is 6.54 Å². The molecule has 1 aromatic carbocycles. The first kappa shape index (κ1) is 12.8. The summed E-state index contributed by atoms with van der Waals surface area (Å²) in [4.78, 5) is 2.33. The summed E-state index contributed by atoms with van der Waals surface area (Å²) in [6.45, 7) is 5.70. The SMILES string of the molecule is CC1(CN)CCN(Cc2ccc(F)cc2Cl)C1. The smallest absolute Gasteiger partial charge is 0.124 e. The molecule has 1 aromatic rings. The van der Waals surface area contributed by atoms with Crippen LogP contribution < -0.4 is 5.73 Å². The Labute approximate surface area is 107 Å². The van der Waals surface area contributed by atoms with Crippen molar-refractivity contribution >= 4 is 11.6 Å². The van der Waals surface area contributed by atoms with Gasteiger partial charge in [0.25, 0.3) is 0 Å². The van der Waals surface area contributed by atoms with Crippen LogP contribution in [0.4, 0.5) is 4.39 Å². The predicted octanol–water partition coefficient (Wildman–Crippen LogP) is 2.65.